The van der Waals surface area contributed by atoms with E-state index in [1.807, 2.05) is 20.8 Å². The number of aryl methyl sites for hydroxylation is 1. The molecule has 3 nitrogen and oxygen atoms in total. The summed E-state index contributed by atoms with van der Waals surface area (Å²) in [4.78, 5) is 25.0. The van der Waals surface area contributed by atoms with Gasteiger partial charge in [-0.2, -0.15) is 13.2 Å². The minimum atomic E-state index is -4.94. The zero-order valence-corrected chi connectivity index (χ0v) is 21.2. The van der Waals surface area contributed by atoms with Gasteiger partial charge in [-0.3, -0.25) is 9.59 Å². The molecule has 9 heteroatoms. The van der Waals surface area contributed by atoms with Gasteiger partial charge in [0.2, 0.25) is 0 Å². The maximum atomic E-state index is 14.5. The lowest BCUT2D eigenvalue weighted by Gasteiger charge is -2.34. The number of halogens is 5. The predicted octanol–water partition coefficient (Wildman–Crippen LogP) is 7.93. The maximum Gasteiger partial charge on any atom is 0.408 e. The first-order valence-corrected chi connectivity index (χ1v) is 11.6. The molecule has 0 aromatic heterocycles. The fourth-order valence-electron chi connectivity index (χ4n) is 3.20. The van der Waals surface area contributed by atoms with Crippen LogP contribution >= 0.6 is 35.0 Å². The standard InChI is InChI=1S/C24H25Cl2F3O3S/c1-14-8-16(6-7-17(14)13-32-22(3,4)5)21(31)12-23(24(27,28)29,33-15(2)30)18-9-19(25)11-20(26)10-18/h6-11H,12-13H2,1-5H3. The molecule has 0 aliphatic rings. The zero-order chi connectivity index (χ0) is 25.2. The van der Waals surface area contributed by atoms with Crippen molar-refractivity contribution in [3.63, 3.8) is 0 Å². The number of ketones is 1. The summed E-state index contributed by atoms with van der Waals surface area (Å²) in [5, 5.41) is -0.842. The predicted molar refractivity (Wildman–Crippen MR) is 127 cm³/mol. The van der Waals surface area contributed by atoms with Gasteiger partial charge >= 0.3 is 6.18 Å². The molecule has 0 spiro atoms. The Balaban J connectivity index is 2.49. The van der Waals surface area contributed by atoms with E-state index in [2.05, 4.69) is 0 Å². The molecule has 0 saturated heterocycles. The molecule has 0 aliphatic carbocycles. The Morgan fingerprint density at radius 3 is 2.03 bits per heavy atom. The molecule has 2 aromatic rings. The fourth-order valence-corrected chi connectivity index (χ4v) is 4.78. The summed E-state index contributed by atoms with van der Waals surface area (Å²) in [5.74, 6) is -0.761. The molecule has 2 aromatic carbocycles. The van der Waals surface area contributed by atoms with Crippen LogP contribution in [0.5, 0.6) is 0 Å². The molecule has 0 N–H and O–H groups in total. The van der Waals surface area contributed by atoms with Crippen LogP contribution in [0.1, 0.15) is 61.2 Å². The van der Waals surface area contributed by atoms with E-state index in [1.54, 1.807) is 13.0 Å². The van der Waals surface area contributed by atoms with Crippen LogP contribution in [0.15, 0.2) is 36.4 Å². The van der Waals surface area contributed by atoms with Crippen LogP contribution in [0.3, 0.4) is 0 Å². The highest BCUT2D eigenvalue weighted by molar-refractivity contribution is 8.14. The Bertz CT molecular complexity index is 1030. The molecule has 0 radical (unpaired) electrons. The highest BCUT2D eigenvalue weighted by atomic mass is 35.5. The van der Waals surface area contributed by atoms with E-state index in [0.717, 1.165) is 24.6 Å². The molecular formula is C24H25Cl2F3O3S. The summed E-state index contributed by atoms with van der Waals surface area (Å²) in [6.07, 6.45) is -5.93. The van der Waals surface area contributed by atoms with Gasteiger partial charge in [-0.25, -0.2) is 0 Å². The van der Waals surface area contributed by atoms with Crippen LogP contribution in [0, 0.1) is 6.92 Å². The number of Topliss-reactive ketones (excluding diaryl/α,β-unsaturated/α-hetero) is 1. The Morgan fingerprint density at radius 1 is 1.00 bits per heavy atom. The van der Waals surface area contributed by atoms with Crippen LogP contribution in [-0.2, 0) is 20.9 Å². The van der Waals surface area contributed by atoms with Gasteiger partial charge in [0.25, 0.3) is 0 Å². The monoisotopic (exact) mass is 520 g/mol. The third-order valence-corrected chi connectivity index (χ3v) is 6.52. The first-order valence-electron chi connectivity index (χ1n) is 10.0. The van der Waals surface area contributed by atoms with Crippen LogP contribution < -0.4 is 0 Å². The summed E-state index contributed by atoms with van der Waals surface area (Å²) in [6, 6.07) is 8.13. The summed E-state index contributed by atoms with van der Waals surface area (Å²) in [6.45, 7) is 8.81. The van der Waals surface area contributed by atoms with Gasteiger partial charge < -0.3 is 4.74 Å². The second-order valence-corrected chi connectivity index (χ2v) is 11.1. The van der Waals surface area contributed by atoms with E-state index >= 15 is 0 Å². The van der Waals surface area contributed by atoms with Crippen LogP contribution in [0.2, 0.25) is 10.0 Å². The lowest BCUT2D eigenvalue weighted by atomic mass is 9.89. The lowest BCUT2D eigenvalue weighted by molar-refractivity contribution is -0.162. The number of rotatable bonds is 7. The first kappa shape index (κ1) is 27.7. The highest BCUT2D eigenvalue weighted by Gasteiger charge is 2.58. The first-order chi connectivity index (χ1) is 15.0. The molecule has 1 atom stereocenters. The van der Waals surface area contributed by atoms with Crippen LogP contribution in [0.25, 0.3) is 0 Å². The van der Waals surface area contributed by atoms with E-state index < -0.39 is 28.2 Å². The largest absolute Gasteiger partial charge is 0.408 e. The molecule has 0 bridgehead atoms. The fraction of sp³-hybridized carbons (Fsp3) is 0.417. The molecule has 0 fully saturated rings. The topological polar surface area (TPSA) is 43.4 Å². The number of ether oxygens (including phenoxy) is 1. The van der Waals surface area contributed by atoms with Gasteiger partial charge in [0.05, 0.1) is 12.2 Å². The second kappa shape index (κ2) is 10.4. The quantitative estimate of drug-likeness (QED) is 0.347. The number of carbonyl (C=O) groups excluding carboxylic acids is 2. The average molecular weight is 521 g/mol. The zero-order valence-electron chi connectivity index (χ0n) is 18.9. The Hall–Kier alpha value is -1.54. The van der Waals surface area contributed by atoms with Crippen molar-refractivity contribution < 1.29 is 27.5 Å². The second-order valence-electron chi connectivity index (χ2n) is 8.72. The van der Waals surface area contributed by atoms with E-state index in [4.69, 9.17) is 27.9 Å². The smallest absolute Gasteiger partial charge is 0.371 e. The van der Waals surface area contributed by atoms with Gasteiger partial charge in [0.15, 0.2) is 15.6 Å². The van der Waals surface area contributed by atoms with E-state index in [0.29, 0.717) is 12.2 Å². The third-order valence-electron chi connectivity index (χ3n) is 4.84. The van der Waals surface area contributed by atoms with Gasteiger partial charge in [-0.05, 0) is 68.7 Å². The number of thioether (sulfide) groups is 1. The van der Waals surface area contributed by atoms with Crippen LogP contribution in [-0.4, -0.2) is 22.7 Å². The lowest BCUT2D eigenvalue weighted by Crippen LogP contribution is -2.42. The minimum absolute atomic E-state index is 0.0261. The van der Waals surface area contributed by atoms with E-state index in [1.165, 1.54) is 18.2 Å². The number of hydrogen-bond donors (Lipinski definition) is 0. The van der Waals surface area contributed by atoms with Crippen molar-refractivity contribution >= 4 is 45.9 Å². The molecule has 0 amide bonds. The number of benzene rings is 2. The van der Waals surface area contributed by atoms with Crippen molar-refractivity contribution in [1.29, 1.82) is 0 Å². The van der Waals surface area contributed by atoms with E-state index in [9.17, 15) is 22.8 Å². The van der Waals surface area contributed by atoms with Crippen LogP contribution in [0.4, 0.5) is 13.2 Å². The molecule has 180 valence electrons. The highest BCUT2D eigenvalue weighted by Crippen LogP contribution is 2.53. The van der Waals surface area contributed by atoms with Gasteiger partial charge in [-0.1, -0.05) is 47.1 Å². The summed E-state index contributed by atoms with van der Waals surface area (Å²) in [5.41, 5.74) is 0.928. The van der Waals surface area contributed by atoms with E-state index in [-0.39, 0.29) is 38.5 Å². The number of alkyl halides is 3. The van der Waals surface area contributed by atoms with Crippen molar-refractivity contribution in [2.24, 2.45) is 0 Å². The maximum absolute atomic E-state index is 14.5. The minimum Gasteiger partial charge on any atom is -0.371 e. The molecule has 0 saturated carbocycles. The van der Waals surface area contributed by atoms with Crippen molar-refractivity contribution in [3.8, 4) is 0 Å². The molecule has 0 aliphatic heterocycles. The van der Waals surface area contributed by atoms with Gasteiger partial charge in [-0.15, -0.1) is 0 Å². The van der Waals surface area contributed by atoms with Crippen molar-refractivity contribution in [2.75, 3.05) is 0 Å². The Morgan fingerprint density at radius 2 is 1.58 bits per heavy atom. The molecule has 33 heavy (non-hydrogen) atoms. The molecular weight excluding hydrogens is 496 g/mol. The van der Waals surface area contributed by atoms with Gasteiger partial charge in [0, 0.05) is 29.0 Å². The summed E-state index contributed by atoms with van der Waals surface area (Å²) >= 11 is 12.0. The van der Waals surface area contributed by atoms with Gasteiger partial charge in [0.1, 0.15) is 0 Å². The molecule has 2 rings (SSSR count). The van der Waals surface area contributed by atoms with Crippen molar-refractivity contribution in [3.05, 3.63) is 68.7 Å². The SMILES string of the molecule is CC(=O)SC(CC(=O)c1ccc(COC(C)(C)C)c(C)c1)(c1cc(Cl)cc(Cl)c1)C(F)(F)F. The normalized spacial score (nSPS) is 14.1. The summed E-state index contributed by atoms with van der Waals surface area (Å²) in [7, 11) is 0. The number of hydrogen-bond acceptors (Lipinski definition) is 4. The Kier molecular flexibility index (Phi) is 8.72. The molecule has 1 unspecified atom stereocenters. The molecule has 0 heterocycles. The summed E-state index contributed by atoms with van der Waals surface area (Å²) < 4.78 is 46.4. The van der Waals surface area contributed by atoms with Crippen molar-refractivity contribution in [2.45, 2.75) is 64.2 Å². The third kappa shape index (κ3) is 7.22. The average Bonchev–Trinajstić information content (AvgIpc) is 2.63. The van der Waals surface area contributed by atoms with Crippen molar-refractivity contribution in [1.82, 2.24) is 0 Å². The number of carbonyl (C=O) groups is 2. The Labute approximate surface area is 206 Å².